The van der Waals surface area contributed by atoms with E-state index in [0.29, 0.717) is 32.3 Å². The number of nitrogens with zero attached hydrogens (tertiary/aromatic N) is 3. The molecule has 0 aliphatic rings. The number of nitrogens with two attached hydrogens (primary N) is 1. The van der Waals surface area contributed by atoms with Gasteiger partial charge in [0.1, 0.15) is 0 Å². The van der Waals surface area contributed by atoms with Crippen molar-refractivity contribution in [1.29, 1.82) is 0 Å². The number of aromatic nitrogens is 4. The number of hydrogen-bond donors (Lipinski definition) is 3. The number of aromatic amines is 1. The predicted molar refractivity (Wildman–Crippen MR) is 88.8 cm³/mol. The monoisotopic (exact) mass is 354 g/mol. The van der Waals surface area contributed by atoms with E-state index in [0.717, 1.165) is 5.56 Å². The van der Waals surface area contributed by atoms with Crippen molar-refractivity contribution < 1.29 is 0 Å². The van der Waals surface area contributed by atoms with E-state index in [1.807, 2.05) is 0 Å². The average molecular weight is 356 g/mol. The van der Waals surface area contributed by atoms with Gasteiger partial charge in [-0.15, -0.1) is 5.10 Å². The lowest BCUT2D eigenvalue weighted by atomic mass is 10.1. The number of rotatable bonds is 3. The smallest absolute Gasteiger partial charge is 0.248 e. The Morgan fingerprint density at radius 1 is 1.05 bits per heavy atom. The van der Waals surface area contributed by atoms with Crippen LogP contribution in [-0.2, 0) is 0 Å². The Labute approximate surface area is 140 Å². The van der Waals surface area contributed by atoms with Crippen molar-refractivity contribution >= 4 is 52.4 Å². The van der Waals surface area contributed by atoms with E-state index < -0.39 is 0 Å². The maximum Gasteiger partial charge on any atom is 0.248 e. The van der Waals surface area contributed by atoms with Crippen LogP contribution in [0.1, 0.15) is 0 Å². The normalized spacial score (nSPS) is 10.7. The molecule has 112 valence electrons. The third-order valence-corrected chi connectivity index (χ3v) is 3.60. The summed E-state index contributed by atoms with van der Waals surface area (Å²) < 4.78 is 0. The van der Waals surface area contributed by atoms with Gasteiger partial charge in [0.25, 0.3) is 0 Å². The molecule has 3 rings (SSSR count). The molecule has 0 spiro atoms. The minimum atomic E-state index is 0.210. The molecular formula is C13H9Cl3N6. The zero-order valence-corrected chi connectivity index (χ0v) is 13.2. The fourth-order valence-corrected chi connectivity index (χ4v) is 2.81. The van der Waals surface area contributed by atoms with Crippen LogP contribution in [-0.4, -0.2) is 20.2 Å². The van der Waals surface area contributed by atoms with Gasteiger partial charge in [-0.2, -0.15) is 4.98 Å². The van der Waals surface area contributed by atoms with E-state index in [-0.39, 0.29) is 5.95 Å². The first kappa shape index (κ1) is 14.9. The largest absolute Gasteiger partial charge is 0.368 e. The number of nitrogen functional groups attached to an aromatic ring is 1. The highest BCUT2D eigenvalue weighted by atomic mass is 35.5. The van der Waals surface area contributed by atoms with E-state index in [4.69, 9.17) is 40.5 Å². The van der Waals surface area contributed by atoms with Gasteiger partial charge in [0, 0.05) is 29.2 Å². The first-order valence-electron chi connectivity index (χ1n) is 6.08. The lowest BCUT2D eigenvalue weighted by molar-refractivity contribution is 1.10. The van der Waals surface area contributed by atoms with Crippen molar-refractivity contribution in [2.45, 2.75) is 0 Å². The fraction of sp³-hybridized carbons (Fsp3) is 0. The van der Waals surface area contributed by atoms with Gasteiger partial charge < -0.3 is 11.1 Å². The highest BCUT2D eigenvalue weighted by Gasteiger charge is 2.12. The summed E-state index contributed by atoms with van der Waals surface area (Å²) in [5.41, 5.74) is 7.48. The molecular weight excluding hydrogens is 347 g/mol. The number of H-pyrrole nitrogens is 1. The predicted octanol–water partition coefficient (Wildman–Crippen LogP) is 4.15. The molecule has 2 heterocycles. The van der Waals surface area contributed by atoms with Crippen molar-refractivity contribution in [3.8, 4) is 11.1 Å². The number of halogens is 3. The maximum atomic E-state index is 6.32. The van der Waals surface area contributed by atoms with Crippen LogP contribution >= 0.6 is 34.8 Å². The van der Waals surface area contributed by atoms with E-state index in [2.05, 4.69) is 25.5 Å². The third-order valence-electron chi connectivity index (χ3n) is 2.79. The minimum Gasteiger partial charge on any atom is -0.368 e. The lowest BCUT2D eigenvalue weighted by Gasteiger charge is -2.10. The number of hydrogen-bond acceptors (Lipinski definition) is 5. The van der Waals surface area contributed by atoms with Gasteiger partial charge >= 0.3 is 0 Å². The third kappa shape index (κ3) is 3.09. The van der Waals surface area contributed by atoms with Gasteiger partial charge in [0.15, 0.2) is 0 Å². The van der Waals surface area contributed by atoms with Crippen LogP contribution in [0.5, 0.6) is 0 Å². The van der Waals surface area contributed by atoms with Crippen molar-refractivity contribution in [2.75, 3.05) is 11.1 Å². The Morgan fingerprint density at radius 2 is 1.77 bits per heavy atom. The molecule has 0 fully saturated rings. The van der Waals surface area contributed by atoms with Crippen LogP contribution < -0.4 is 11.1 Å². The van der Waals surface area contributed by atoms with Crippen LogP contribution in [0.4, 0.5) is 17.6 Å². The summed E-state index contributed by atoms with van der Waals surface area (Å²) in [5, 5.41) is 10.8. The summed E-state index contributed by atoms with van der Waals surface area (Å²) in [7, 11) is 0. The zero-order chi connectivity index (χ0) is 15.7. The van der Waals surface area contributed by atoms with Gasteiger partial charge in [-0.3, -0.25) is 4.98 Å². The molecule has 0 unspecified atom stereocenters. The number of benzene rings is 1. The number of anilines is 3. The van der Waals surface area contributed by atoms with E-state index >= 15 is 0 Å². The molecule has 3 aromatic rings. The fourth-order valence-electron chi connectivity index (χ4n) is 1.93. The van der Waals surface area contributed by atoms with E-state index in [1.54, 1.807) is 24.4 Å². The Kier molecular flexibility index (Phi) is 4.06. The molecule has 1 aromatic carbocycles. The molecule has 0 saturated heterocycles. The van der Waals surface area contributed by atoms with Gasteiger partial charge in [-0.05, 0) is 18.2 Å². The maximum absolute atomic E-state index is 6.32. The van der Waals surface area contributed by atoms with Crippen molar-refractivity contribution in [2.24, 2.45) is 0 Å². The highest BCUT2D eigenvalue weighted by Crippen LogP contribution is 2.38. The SMILES string of the molecule is Nc1nc(Nc2cc(Cl)c(-c3cncc(Cl)c3)c(Cl)c2)n[nH]1. The van der Waals surface area contributed by atoms with Gasteiger partial charge in [-0.25, -0.2) is 5.10 Å². The molecule has 0 radical (unpaired) electrons. The number of nitrogens with one attached hydrogen (secondary N) is 2. The quantitative estimate of drug-likeness (QED) is 0.656. The molecule has 4 N–H and O–H groups in total. The second kappa shape index (κ2) is 6.00. The first-order valence-corrected chi connectivity index (χ1v) is 7.21. The van der Waals surface area contributed by atoms with Gasteiger partial charge in [-0.1, -0.05) is 34.8 Å². The van der Waals surface area contributed by atoms with Crippen LogP contribution in [0.3, 0.4) is 0 Å². The molecule has 0 atom stereocenters. The topological polar surface area (TPSA) is 92.5 Å². The van der Waals surface area contributed by atoms with Gasteiger partial charge in [0.2, 0.25) is 11.9 Å². The van der Waals surface area contributed by atoms with E-state index in [9.17, 15) is 0 Å². The van der Waals surface area contributed by atoms with Crippen LogP contribution in [0.15, 0.2) is 30.6 Å². The molecule has 0 aliphatic carbocycles. The van der Waals surface area contributed by atoms with Crippen LogP contribution in [0.2, 0.25) is 15.1 Å². The standard InChI is InChI=1S/C13H9Cl3N6/c14-7-1-6(4-18-5-7)11-9(15)2-8(3-10(11)16)19-13-20-12(17)21-22-13/h1-5H,(H4,17,19,20,21,22). The molecule has 0 amide bonds. The Morgan fingerprint density at radius 3 is 2.36 bits per heavy atom. The molecule has 6 nitrogen and oxygen atoms in total. The van der Waals surface area contributed by atoms with Gasteiger partial charge in [0.05, 0.1) is 15.1 Å². The Bertz CT molecular complexity index is 809. The summed E-state index contributed by atoms with van der Waals surface area (Å²) in [4.78, 5) is 7.98. The molecule has 22 heavy (non-hydrogen) atoms. The molecule has 9 heteroatoms. The molecule has 2 aromatic heterocycles. The highest BCUT2D eigenvalue weighted by molar-refractivity contribution is 6.40. The zero-order valence-electron chi connectivity index (χ0n) is 10.9. The first-order chi connectivity index (χ1) is 10.5. The van der Waals surface area contributed by atoms with Crippen molar-refractivity contribution in [3.05, 3.63) is 45.7 Å². The van der Waals surface area contributed by atoms with Crippen LogP contribution in [0, 0.1) is 0 Å². The summed E-state index contributed by atoms with van der Waals surface area (Å²) in [6.07, 6.45) is 3.18. The Balaban J connectivity index is 1.98. The second-order valence-electron chi connectivity index (χ2n) is 4.38. The van der Waals surface area contributed by atoms with Crippen molar-refractivity contribution in [3.63, 3.8) is 0 Å². The van der Waals surface area contributed by atoms with E-state index in [1.165, 1.54) is 6.20 Å². The van der Waals surface area contributed by atoms with Crippen LogP contribution in [0.25, 0.3) is 11.1 Å². The summed E-state index contributed by atoms with van der Waals surface area (Å²) in [6, 6.07) is 5.15. The molecule has 0 saturated carbocycles. The number of pyridine rings is 1. The Hall–Kier alpha value is -2.02. The molecule has 0 bridgehead atoms. The lowest BCUT2D eigenvalue weighted by Crippen LogP contribution is -1.94. The summed E-state index contributed by atoms with van der Waals surface area (Å²) >= 11 is 18.6. The minimum absolute atomic E-state index is 0.210. The van der Waals surface area contributed by atoms with Crippen molar-refractivity contribution in [1.82, 2.24) is 20.2 Å². The summed E-state index contributed by atoms with van der Waals surface area (Å²) in [6.45, 7) is 0. The molecule has 0 aliphatic heterocycles. The summed E-state index contributed by atoms with van der Waals surface area (Å²) in [5.74, 6) is 0.531. The second-order valence-corrected chi connectivity index (χ2v) is 5.63. The average Bonchev–Trinajstić information content (AvgIpc) is 2.83.